The molecule has 0 fully saturated rings. The Morgan fingerprint density at radius 3 is 2.37 bits per heavy atom. The summed E-state index contributed by atoms with van der Waals surface area (Å²) < 4.78 is 36.1. The molecule has 3 rings (SSSR count). The highest BCUT2D eigenvalue weighted by molar-refractivity contribution is 7.87. The molecule has 0 unspecified atom stereocenters. The molecule has 0 bridgehead atoms. The molecule has 0 radical (unpaired) electrons. The minimum Gasteiger partial charge on any atom is -0.452 e. The number of carbonyl (C=O) groups is 2. The maximum absolute atomic E-state index is 12.9. The van der Waals surface area contributed by atoms with Crippen molar-refractivity contribution in [3.05, 3.63) is 95.1 Å². The lowest BCUT2D eigenvalue weighted by molar-refractivity contribution is -0.124. The van der Waals surface area contributed by atoms with Crippen LogP contribution in [0.15, 0.2) is 77.7 Å². The second kappa shape index (κ2) is 11.7. The topological polar surface area (TPSA) is 98.8 Å². The first-order valence-corrected chi connectivity index (χ1v) is 12.7. The lowest BCUT2D eigenvalue weighted by atomic mass is 10.1. The molecule has 0 saturated heterocycles. The molecular weight excluding hydrogens is 466 g/mol. The number of esters is 1. The average molecular weight is 496 g/mol. The fraction of sp³-hybridized carbons (Fsp3) is 0.259. The largest absolute Gasteiger partial charge is 0.452 e. The van der Waals surface area contributed by atoms with Gasteiger partial charge in [-0.3, -0.25) is 4.79 Å². The Bertz CT molecular complexity index is 1290. The summed E-state index contributed by atoms with van der Waals surface area (Å²) in [5.41, 5.74) is 2.36. The second-order valence-corrected chi connectivity index (χ2v) is 9.89. The first-order chi connectivity index (χ1) is 16.7. The molecule has 8 heteroatoms. The molecule has 0 aromatic heterocycles. The van der Waals surface area contributed by atoms with Crippen LogP contribution in [0.3, 0.4) is 0 Å². The molecule has 7 nitrogen and oxygen atoms in total. The van der Waals surface area contributed by atoms with Crippen molar-refractivity contribution in [1.82, 2.24) is 5.32 Å². The van der Waals surface area contributed by atoms with Gasteiger partial charge in [0.1, 0.15) is 10.5 Å². The van der Waals surface area contributed by atoms with Crippen LogP contribution in [-0.4, -0.2) is 32.9 Å². The molecule has 0 saturated carbocycles. The van der Waals surface area contributed by atoms with Gasteiger partial charge in [-0.25, -0.2) is 4.79 Å². The van der Waals surface area contributed by atoms with E-state index in [-0.39, 0.29) is 22.3 Å². The van der Waals surface area contributed by atoms with Gasteiger partial charge in [-0.05, 0) is 68.5 Å². The van der Waals surface area contributed by atoms with Gasteiger partial charge in [0.25, 0.3) is 5.91 Å². The molecule has 184 valence electrons. The van der Waals surface area contributed by atoms with Gasteiger partial charge in [0, 0.05) is 6.04 Å². The maximum Gasteiger partial charge on any atom is 0.342 e. The minimum atomic E-state index is -4.19. The van der Waals surface area contributed by atoms with E-state index in [0.29, 0.717) is 5.56 Å². The van der Waals surface area contributed by atoms with Gasteiger partial charge in [0.05, 0.1) is 0 Å². The zero-order valence-electron chi connectivity index (χ0n) is 20.0. The van der Waals surface area contributed by atoms with Gasteiger partial charge < -0.3 is 14.2 Å². The number of hydrogen-bond donors (Lipinski definition) is 1. The van der Waals surface area contributed by atoms with E-state index in [2.05, 4.69) is 5.32 Å². The molecule has 0 aliphatic heterocycles. The maximum atomic E-state index is 12.9. The molecule has 3 aromatic carbocycles. The Morgan fingerprint density at radius 1 is 0.943 bits per heavy atom. The molecule has 3 aromatic rings. The zero-order valence-corrected chi connectivity index (χ0v) is 20.8. The van der Waals surface area contributed by atoms with E-state index in [9.17, 15) is 18.0 Å². The first-order valence-electron chi connectivity index (χ1n) is 11.3. The Kier molecular flexibility index (Phi) is 8.65. The smallest absolute Gasteiger partial charge is 0.342 e. The summed E-state index contributed by atoms with van der Waals surface area (Å²) in [6.45, 7) is 4.82. The number of nitrogens with one attached hydrogen (secondary N) is 1. The molecule has 0 aliphatic rings. The summed E-state index contributed by atoms with van der Waals surface area (Å²) in [4.78, 5) is 24.9. The van der Waals surface area contributed by atoms with E-state index >= 15 is 0 Å². The molecule has 0 heterocycles. The zero-order chi connectivity index (χ0) is 25.4. The summed E-state index contributed by atoms with van der Waals surface area (Å²) in [6, 6.07) is 20.7. The molecule has 1 atom stereocenters. The summed E-state index contributed by atoms with van der Waals surface area (Å²) >= 11 is 0. The SMILES string of the molecule is Cc1ccc(C)c(S(=O)(=O)Oc2ccccc2C(=O)OCC(=O)N[C@@H](C)CCc2ccccc2)c1. The predicted octanol–water partition coefficient (Wildman–Crippen LogP) is 4.37. The number of benzene rings is 3. The van der Waals surface area contributed by atoms with E-state index in [1.807, 2.05) is 37.3 Å². The number of ether oxygens (including phenoxy) is 1. The van der Waals surface area contributed by atoms with Gasteiger partial charge in [-0.15, -0.1) is 0 Å². The predicted molar refractivity (Wildman–Crippen MR) is 133 cm³/mol. The highest BCUT2D eigenvalue weighted by Crippen LogP contribution is 2.26. The van der Waals surface area contributed by atoms with Crippen LogP contribution in [0, 0.1) is 13.8 Å². The summed E-state index contributed by atoms with van der Waals surface area (Å²) in [5, 5.41) is 2.80. The third kappa shape index (κ3) is 7.42. The fourth-order valence-electron chi connectivity index (χ4n) is 3.47. The molecule has 1 amide bonds. The number of amides is 1. The third-order valence-electron chi connectivity index (χ3n) is 5.37. The van der Waals surface area contributed by atoms with E-state index in [0.717, 1.165) is 18.4 Å². The average Bonchev–Trinajstić information content (AvgIpc) is 2.83. The van der Waals surface area contributed by atoms with Crippen molar-refractivity contribution >= 4 is 22.0 Å². The van der Waals surface area contributed by atoms with Crippen molar-refractivity contribution in [3.8, 4) is 5.75 Å². The summed E-state index contributed by atoms with van der Waals surface area (Å²) in [5.74, 6) is -1.47. The highest BCUT2D eigenvalue weighted by atomic mass is 32.2. The number of para-hydroxylation sites is 1. The summed E-state index contributed by atoms with van der Waals surface area (Å²) in [7, 11) is -4.19. The molecule has 1 N–H and O–H groups in total. The number of hydrogen-bond acceptors (Lipinski definition) is 6. The van der Waals surface area contributed by atoms with Crippen LogP contribution in [0.4, 0.5) is 0 Å². The van der Waals surface area contributed by atoms with Crippen molar-refractivity contribution in [1.29, 1.82) is 0 Å². The van der Waals surface area contributed by atoms with E-state index in [4.69, 9.17) is 8.92 Å². The number of aryl methyl sites for hydroxylation is 3. The van der Waals surface area contributed by atoms with E-state index < -0.39 is 28.6 Å². The lowest BCUT2D eigenvalue weighted by Gasteiger charge is -2.15. The van der Waals surface area contributed by atoms with Crippen molar-refractivity contribution in [2.24, 2.45) is 0 Å². The van der Waals surface area contributed by atoms with Crippen LogP contribution < -0.4 is 9.50 Å². The summed E-state index contributed by atoms with van der Waals surface area (Å²) in [6.07, 6.45) is 1.54. The Balaban J connectivity index is 1.59. The molecule has 0 spiro atoms. The van der Waals surface area contributed by atoms with Crippen LogP contribution >= 0.6 is 0 Å². The Hall–Kier alpha value is -3.65. The van der Waals surface area contributed by atoms with Crippen molar-refractivity contribution in [2.45, 2.75) is 44.6 Å². The van der Waals surface area contributed by atoms with Gasteiger partial charge in [0.15, 0.2) is 12.4 Å². The van der Waals surface area contributed by atoms with Crippen LogP contribution in [0.5, 0.6) is 5.75 Å². The van der Waals surface area contributed by atoms with E-state index in [1.54, 1.807) is 38.1 Å². The highest BCUT2D eigenvalue weighted by Gasteiger charge is 2.24. The van der Waals surface area contributed by atoms with Crippen molar-refractivity contribution < 1.29 is 26.9 Å². The van der Waals surface area contributed by atoms with Crippen LogP contribution in [0.1, 0.15) is 40.4 Å². The van der Waals surface area contributed by atoms with Crippen molar-refractivity contribution in [2.75, 3.05) is 6.61 Å². The van der Waals surface area contributed by atoms with Gasteiger partial charge >= 0.3 is 16.1 Å². The van der Waals surface area contributed by atoms with Gasteiger partial charge in [-0.2, -0.15) is 8.42 Å². The molecular formula is C27H29NO6S. The minimum absolute atomic E-state index is 0.0181. The Labute approximate surface area is 206 Å². The van der Waals surface area contributed by atoms with Crippen LogP contribution in [-0.2, 0) is 26.1 Å². The lowest BCUT2D eigenvalue weighted by Crippen LogP contribution is -2.36. The number of rotatable bonds is 10. The van der Waals surface area contributed by atoms with E-state index in [1.165, 1.54) is 23.8 Å². The normalized spacial score (nSPS) is 12.0. The first kappa shape index (κ1) is 26.0. The van der Waals surface area contributed by atoms with Gasteiger partial charge in [0.2, 0.25) is 0 Å². The monoisotopic (exact) mass is 495 g/mol. The third-order valence-corrected chi connectivity index (χ3v) is 6.75. The van der Waals surface area contributed by atoms with Gasteiger partial charge in [-0.1, -0.05) is 54.6 Å². The van der Waals surface area contributed by atoms with Crippen LogP contribution in [0.25, 0.3) is 0 Å². The molecule has 0 aliphatic carbocycles. The fourth-order valence-corrected chi connectivity index (χ4v) is 4.74. The molecule has 35 heavy (non-hydrogen) atoms. The second-order valence-electron chi connectivity index (χ2n) is 8.37. The standard InChI is InChI=1S/C27H29NO6S/c1-19-13-14-20(2)25(17-19)35(31,32)34-24-12-8-7-11-23(24)27(30)33-18-26(29)28-21(3)15-16-22-9-5-4-6-10-22/h4-14,17,21H,15-16,18H2,1-3H3,(H,28,29)/t21-/m0/s1. The Morgan fingerprint density at radius 2 is 1.63 bits per heavy atom. The quantitative estimate of drug-likeness (QED) is 0.331. The number of carbonyl (C=O) groups excluding carboxylic acids is 2. The van der Waals surface area contributed by atoms with Crippen molar-refractivity contribution in [3.63, 3.8) is 0 Å². The van der Waals surface area contributed by atoms with Crippen LogP contribution in [0.2, 0.25) is 0 Å².